The summed E-state index contributed by atoms with van der Waals surface area (Å²) in [6, 6.07) is 8.01. The van der Waals surface area contributed by atoms with E-state index in [-0.39, 0.29) is 0 Å². The number of nitrogens with zero attached hydrogens (tertiary/aromatic N) is 1. The summed E-state index contributed by atoms with van der Waals surface area (Å²) in [5.41, 5.74) is 7.83. The van der Waals surface area contributed by atoms with Crippen LogP contribution >= 0.6 is 11.6 Å². The third-order valence-corrected chi connectivity index (χ3v) is 9.15. The molecule has 0 amide bonds. The van der Waals surface area contributed by atoms with Crippen LogP contribution in [0.1, 0.15) is 5.56 Å². The predicted molar refractivity (Wildman–Crippen MR) is 86.4 cm³/mol. The first kappa shape index (κ1) is 15.9. The summed E-state index contributed by atoms with van der Waals surface area (Å²) in [6.45, 7) is 0. The minimum atomic E-state index is -2.32. The fraction of sp³-hybridized carbons (Fsp3) is 0.385. The molecule has 0 atom stereocenters. The van der Waals surface area contributed by atoms with Crippen LogP contribution in [0.3, 0.4) is 0 Å². The second kappa shape index (κ2) is 6.35. The SMILES string of the molecule is CN(C)[B]/C(Cl)=[C](\c1cccc(N)c1)[Sn]([CH3])([CH3])[CH3]. The molecule has 0 aromatic heterocycles. The Morgan fingerprint density at radius 3 is 2.33 bits per heavy atom. The first-order valence-corrected chi connectivity index (χ1v) is 16.4. The fourth-order valence-corrected chi connectivity index (χ4v) is 9.27. The maximum atomic E-state index is 6.51. The zero-order valence-corrected chi connectivity index (χ0v) is 15.4. The molecule has 97 valence electrons. The second-order valence-corrected chi connectivity index (χ2v) is 20.4. The van der Waals surface area contributed by atoms with Crippen LogP contribution in [-0.4, -0.2) is 44.7 Å². The van der Waals surface area contributed by atoms with E-state index in [9.17, 15) is 0 Å². The van der Waals surface area contributed by atoms with Crippen LogP contribution < -0.4 is 5.73 Å². The van der Waals surface area contributed by atoms with Crippen molar-refractivity contribution in [2.45, 2.75) is 14.8 Å². The zero-order chi connectivity index (χ0) is 13.9. The molecule has 0 bridgehead atoms. The van der Waals surface area contributed by atoms with E-state index in [0.29, 0.717) is 0 Å². The van der Waals surface area contributed by atoms with E-state index in [0.717, 1.165) is 10.6 Å². The first-order chi connectivity index (χ1) is 8.21. The number of hydrogen-bond donors (Lipinski definition) is 1. The van der Waals surface area contributed by atoms with E-state index in [2.05, 4.69) is 20.9 Å². The first-order valence-electron chi connectivity index (χ1n) is 5.99. The predicted octanol–water partition coefficient (Wildman–Crippen LogP) is 3.23. The van der Waals surface area contributed by atoms with Crippen LogP contribution in [-0.2, 0) is 0 Å². The summed E-state index contributed by atoms with van der Waals surface area (Å²) in [5.74, 6) is 0. The molecule has 0 fully saturated rings. The van der Waals surface area contributed by atoms with Crippen molar-refractivity contribution in [3.05, 3.63) is 34.8 Å². The van der Waals surface area contributed by atoms with Crippen molar-refractivity contribution in [3.8, 4) is 0 Å². The number of anilines is 1. The summed E-state index contributed by atoms with van der Waals surface area (Å²) < 4.78 is 1.31. The average Bonchev–Trinajstić information content (AvgIpc) is 2.13. The molecule has 0 aliphatic heterocycles. The minimum absolute atomic E-state index is 0.787. The number of nitrogen functional groups attached to an aromatic ring is 1. The van der Waals surface area contributed by atoms with Crippen molar-refractivity contribution in [2.24, 2.45) is 0 Å². The van der Waals surface area contributed by atoms with Gasteiger partial charge in [-0.25, -0.2) is 0 Å². The second-order valence-electron chi connectivity index (χ2n) is 5.69. The molecular weight excluding hydrogens is 349 g/mol. The van der Waals surface area contributed by atoms with Crippen LogP contribution in [0.2, 0.25) is 14.8 Å². The van der Waals surface area contributed by atoms with Crippen LogP contribution in [0, 0.1) is 0 Å². The van der Waals surface area contributed by atoms with Crippen LogP contribution in [0.25, 0.3) is 3.59 Å². The van der Waals surface area contributed by atoms with Gasteiger partial charge in [0.25, 0.3) is 0 Å². The van der Waals surface area contributed by atoms with Gasteiger partial charge in [0.05, 0.1) is 0 Å². The van der Waals surface area contributed by atoms with Crippen molar-refractivity contribution in [3.63, 3.8) is 0 Å². The van der Waals surface area contributed by atoms with Gasteiger partial charge in [0.15, 0.2) is 0 Å². The molecule has 0 spiro atoms. The summed E-state index contributed by atoms with van der Waals surface area (Å²) in [5, 5.41) is 0. The Bertz CT molecular complexity index is 453. The van der Waals surface area contributed by atoms with Crippen LogP contribution in [0.15, 0.2) is 29.2 Å². The molecule has 1 rings (SSSR count). The van der Waals surface area contributed by atoms with E-state index in [1.54, 1.807) is 0 Å². The van der Waals surface area contributed by atoms with Gasteiger partial charge in [-0.1, -0.05) is 0 Å². The molecule has 1 aromatic rings. The standard InChI is InChI=1S/C10H12BClN2.3CH3.Sn/c1-14(2)11-10(12)7-8-4-3-5-9(13)6-8;;;;/h3-6H,13H2,1-2H3;3*1H3;. The van der Waals surface area contributed by atoms with Crippen LogP contribution in [0.4, 0.5) is 5.69 Å². The normalized spacial score (nSPS) is 13.5. The van der Waals surface area contributed by atoms with Gasteiger partial charge in [0.1, 0.15) is 0 Å². The monoisotopic (exact) mass is 371 g/mol. The summed E-state index contributed by atoms with van der Waals surface area (Å²) in [6.07, 6.45) is 0. The number of hydrogen-bond acceptors (Lipinski definition) is 2. The average molecular weight is 370 g/mol. The molecule has 0 aliphatic carbocycles. The Hall–Kier alpha value is -0.126. The van der Waals surface area contributed by atoms with Gasteiger partial charge >= 0.3 is 121 Å². The molecule has 0 aliphatic rings. The van der Waals surface area contributed by atoms with Gasteiger partial charge in [-0.15, -0.1) is 0 Å². The van der Waals surface area contributed by atoms with Crippen molar-refractivity contribution >= 4 is 46.7 Å². The molecule has 0 saturated heterocycles. The van der Waals surface area contributed by atoms with Gasteiger partial charge in [-0.3, -0.25) is 0 Å². The molecule has 1 aromatic carbocycles. The number of nitrogens with two attached hydrogens (primary N) is 1. The summed E-state index contributed by atoms with van der Waals surface area (Å²) in [4.78, 5) is 9.90. The van der Waals surface area contributed by atoms with Gasteiger partial charge in [-0.2, -0.15) is 0 Å². The molecule has 0 saturated carbocycles. The Morgan fingerprint density at radius 1 is 1.28 bits per heavy atom. The molecule has 18 heavy (non-hydrogen) atoms. The van der Waals surface area contributed by atoms with E-state index < -0.39 is 18.4 Å². The Balaban J connectivity index is 3.31. The van der Waals surface area contributed by atoms with E-state index in [1.165, 1.54) is 9.15 Å². The summed E-state index contributed by atoms with van der Waals surface area (Å²) >= 11 is 4.19. The molecule has 1 radical (unpaired) electrons. The van der Waals surface area contributed by atoms with Crippen molar-refractivity contribution < 1.29 is 0 Å². The Labute approximate surface area is 120 Å². The zero-order valence-electron chi connectivity index (χ0n) is 11.8. The van der Waals surface area contributed by atoms with Crippen molar-refractivity contribution in [1.29, 1.82) is 0 Å². The molecule has 0 unspecified atom stereocenters. The van der Waals surface area contributed by atoms with Gasteiger partial charge in [0, 0.05) is 0 Å². The van der Waals surface area contributed by atoms with E-state index >= 15 is 0 Å². The molecule has 2 nitrogen and oxygen atoms in total. The third kappa shape index (κ3) is 4.52. The topological polar surface area (TPSA) is 29.3 Å². The van der Waals surface area contributed by atoms with Gasteiger partial charge in [-0.05, 0) is 0 Å². The van der Waals surface area contributed by atoms with Crippen molar-refractivity contribution in [2.75, 3.05) is 19.8 Å². The number of benzene rings is 1. The maximum absolute atomic E-state index is 6.51. The quantitative estimate of drug-likeness (QED) is 0.651. The third-order valence-electron chi connectivity index (χ3n) is 2.54. The fourth-order valence-electron chi connectivity index (χ4n) is 1.91. The summed E-state index contributed by atoms with van der Waals surface area (Å²) in [7, 11) is 5.94. The Kier molecular flexibility index (Phi) is 5.62. The molecule has 0 heterocycles. The van der Waals surface area contributed by atoms with E-state index in [4.69, 9.17) is 17.3 Å². The molecular formula is C13H21BClN2Sn. The number of halogens is 1. The molecule has 5 heteroatoms. The number of rotatable bonds is 4. The van der Waals surface area contributed by atoms with Crippen molar-refractivity contribution in [1.82, 2.24) is 4.81 Å². The van der Waals surface area contributed by atoms with Gasteiger partial charge in [0.2, 0.25) is 0 Å². The molecule has 2 N–H and O–H groups in total. The van der Waals surface area contributed by atoms with Crippen LogP contribution in [0.5, 0.6) is 0 Å². The van der Waals surface area contributed by atoms with Gasteiger partial charge < -0.3 is 0 Å². The van der Waals surface area contributed by atoms with E-state index in [1.807, 2.05) is 44.5 Å². The Morgan fingerprint density at radius 2 is 1.89 bits per heavy atom.